The lowest BCUT2D eigenvalue weighted by Gasteiger charge is -2.46. The summed E-state index contributed by atoms with van der Waals surface area (Å²) in [6.45, 7) is 1.08. The first-order valence-corrected chi connectivity index (χ1v) is 26.9. The number of carbonyl (C=O) groups is 4. The number of nitrogens with zero attached hydrogens (tertiary/aromatic N) is 5. The van der Waals surface area contributed by atoms with E-state index in [2.05, 4.69) is 16.7 Å². The van der Waals surface area contributed by atoms with E-state index in [1.165, 1.54) is 24.3 Å². The summed E-state index contributed by atoms with van der Waals surface area (Å²) in [5.41, 5.74) is 2.18. The molecule has 7 aromatic carbocycles. The lowest BCUT2D eigenvalue weighted by atomic mass is 9.64. The van der Waals surface area contributed by atoms with Crippen molar-refractivity contribution in [2.45, 2.75) is 42.8 Å². The predicted octanol–water partition coefficient (Wildman–Crippen LogP) is 8.45. The molecule has 5 heterocycles. The number of hydrogen-bond acceptors (Lipinski definition) is 15. The smallest absolute Gasteiger partial charge is 0.421 e. The van der Waals surface area contributed by atoms with Crippen LogP contribution < -0.4 is 23.8 Å². The van der Waals surface area contributed by atoms with Gasteiger partial charge in [0.25, 0.3) is 5.69 Å². The summed E-state index contributed by atoms with van der Waals surface area (Å²) in [5, 5.41) is 21.8. The standard InChI is InChI=1S/C64H55N5O13/c1-77-48-26-20-41(21-27-48)16-17-42-22-28-51-50(36-42)64(62(73)67(51)63(74)79-39-43-18-24-47(25-19-43)69(75)76)55(60(71)66-32-30-65(31-33-66)38-44-23-29-53-54(37-44)81-40-80-53)57-61(72)82-58(46-12-6-3-7-13-46)56(45-10-4-2-5-11-45)68(57)59(64)49-14-8-9-15-52(49)78-35-34-70/h2-15,18-29,36-37,55-59,70H,30-35,38-40H2,1H3/t55-,56-,57-,58+,59+,64-/m1/s1. The molecule has 0 aliphatic carbocycles. The highest BCUT2D eigenvalue weighted by atomic mass is 16.7. The number of aliphatic hydroxyl groups excluding tert-OH is 1. The predicted molar refractivity (Wildman–Crippen MR) is 298 cm³/mol. The van der Waals surface area contributed by atoms with Crippen LogP contribution in [-0.4, -0.2) is 108 Å². The van der Waals surface area contributed by atoms with Crippen molar-refractivity contribution in [3.63, 3.8) is 0 Å². The van der Waals surface area contributed by atoms with Crippen LogP contribution >= 0.6 is 0 Å². The van der Waals surface area contributed by atoms with Crippen molar-refractivity contribution < 1.29 is 57.6 Å². The Morgan fingerprint density at radius 2 is 1.41 bits per heavy atom. The number of benzene rings is 7. The quantitative estimate of drug-likeness (QED) is 0.0499. The van der Waals surface area contributed by atoms with Crippen LogP contribution in [0, 0.1) is 27.9 Å². The number of fused-ring (bicyclic) bond motifs is 4. The molecule has 5 aliphatic heterocycles. The van der Waals surface area contributed by atoms with E-state index in [0.29, 0.717) is 70.3 Å². The molecule has 0 saturated carbocycles. The third kappa shape index (κ3) is 9.67. The van der Waals surface area contributed by atoms with Gasteiger partial charge >= 0.3 is 12.1 Å². The molecule has 0 radical (unpaired) electrons. The molecule has 1 spiro atoms. The molecule has 82 heavy (non-hydrogen) atoms. The van der Waals surface area contributed by atoms with Crippen molar-refractivity contribution in [2.75, 3.05) is 58.2 Å². The molecule has 0 bridgehead atoms. The normalized spacial score (nSPS) is 21.7. The number of para-hydroxylation sites is 1. The topological polar surface area (TPSA) is 200 Å². The minimum atomic E-state index is -2.18. The molecular weight excluding hydrogens is 1050 g/mol. The van der Waals surface area contributed by atoms with Gasteiger partial charge in [0, 0.05) is 61.5 Å². The molecule has 0 aromatic heterocycles. The number of hydrogen-bond donors (Lipinski definition) is 1. The highest BCUT2D eigenvalue weighted by Crippen LogP contribution is 2.67. The Bertz CT molecular complexity index is 3640. The Kier molecular flexibility index (Phi) is 14.6. The van der Waals surface area contributed by atoms with Gasteiger partial charge in [0.2, 0.25) is 18.6 Å². The summed E-state index contributed by atoms with van der Waals surface area (Å²) in [6, 6.07) is 45.6. The maximum atomic E-state index is 17.0. The van der Waals surface area contributed by atoms with E-state index >= 15 is 19.2 Å². The maximum absolute atomic E-state index is 17.0. The molecule has 1 N–H and O–H groups in total. The number of nitro groups is 1. The van der Waals surface area contributed by atoms with Crippen LogP contribution in [0.3, 0.4) is 0 Å². The highest BCUT2D eigenvalue weighted by Gasteiger charge is 2.76. The van der Waals surface area contributed by atoms with Gasteiger partial charge in [-0.3, -0.25) is 34.3 Å². The Hall–Kier alpha value is -9.54. The molecule has 12 rings (SSSR count). The molecule has 18 nitrogen and oxygen atoms in total. The SMILES string of the molecule is COc1ccc(C#Cc2ccc3c(c2)[C@]2(C(=O)N3C(=O)OCc3ccc([N+](=O)[O-])cc3)[C@H](c3ccccc3OCCO)N3[C@H](c4ccccc4)[C@H](c4ccccc4)OC(=O)[C@H]3[C@@H]2C(=O)N2CCN(Cc3ccc4c(c3)OCO4)CC2)cc1. The number of esters is 1. The lowest BCUT2D eigenvalue weighted by Crippen LogP contribution is -2.59. The molecule has 6 atom stereocenters. The minimum Gasteiger partial charge on any atom is -0.497 e. The number of anilines is 1. The van der Waals surface area contributed by atoms with Crippen LogP contribution in [-0.2, 0) is 42.4 Å². The van der Waals surface area contributed by atoms with Crippen LogP contribution in [0.4, 0.5) is 16.2 Å². The fourth-order valence-electron chi connectivity index (χ4n) is 12.3. The second-order valence-electron chi connectivity index (χ2n) is 20.5. The summed E-state index contributed by atoms with van der Waals surface area (Å²) in [5.74, 6) is 4.98. The zero-order valence-corrected chi connectivity index (χ0v) is 44.5. The van der Waals surface area contributed by atoms with Crippen molar-refractivity contribution in [3.05, 3.63) is 224 Å². The fraction of sp³-hybridized carbons (Fsp3) is 0.250. The Morgan fingerprint density at radius 3 is 2.13 bits per heavy atom. The number of carbonyl (C=O) groups excluding carboxylic acids is 4. The lowest BCUT2D eigenvalue weighted by molar-refractivity contribution is -0.384. The van der Waals surface area contributed by atoms with E-state index in [1.807, 2.05) is 95.9 Å². The molecule has 3 saturated heterocycles. The van der Waals surface area contributed by atoms with Crippen LogP contribution in [0.25, 0.3) is 0 Å². The third-order valence-corrected chi connectivity index (χ3v) is 15.9. The van der Waals surface area contributed by atoms with Crippen molar-refractivity contribution in [2.24, 2.45) is 5.92 Å². The molecule has 0 unspecified atom stereocenters. The number of morpholine rings is 1. The monoisotopic (exact) mass is 1100 g/mol. The zero-order chi connectivity index (χ0) is 56.5. The highest BCUT2D eigenvalue weighted by molar-refractivity contribution is 6.23. The van der Waals surface area contributed by atoms with Gasteiger partial charge in [-0.1, -0.05) is 96.8 Å². The van der Waals surface area contributed by atoms with E-state index in [9.17, 15) is 15.2 Å². The fourth-order valence-corrected chi connectivity index (χ4v) is 12.3. The molecule has 5 aliphatic rings. The maximum Gasteiger partial charge on any atom is 0.421 e. The van der Waals surface area contributed by atoms with Crippen LogP contribution in [0.15, 0.2) is 170 Å². The molecule has 414 valence electrons. The number of piperazine rings is 1. The Balaban J connectivity index is 1.06. The number of nitro benzene ring substituents is 1. The average Bonchev–Trinajstić information content (AvgIpc) is 3.63. The van der Waals surface area contributed by atoms with Crippen molar-refractivity contribution in [3.8, 4) is 34.8 Å². The number of ether oxygens (including phenoxy) is 6. The minimum absolute atomic E-state index is 0.0860. The first-order chi connectivity index (χ1) is 40.0. The number of methoxy groups -OCH3 is 1. The first-order valence-electron chi connectivity index (χ1n) is 26.9. The van der Waals surface area contributed by atoms with E-state index in [0.717, 1.165) is 10.5 Å². The van der Waals surface area contributed by atoms with Crippen LogP contribution in [0.5, 0.6) is 23.0 Å². The zero-order valence-electron chi connectivity index (χ0n) is 44.5. The van der Waals surface area contributed by atoms with Crippen molar-refractivity contribution in [1.82, 2.24) is 14.7 Å². The number of cyclic esters (lactones) is 1. The van der Waals surface area contributed by atoms with E-state index in [1.54, 1.807) is 66.6 Å². The van der Waals surface area contributed by atoms with E-state index < -0.39 is 64.4 Å². The van der Waals surface area contributed by atoms with E-state index in [4.69, 9.17) is 28.4 Å². The number of imide groups is 1. The van der Waals surface area contributed by atoms with Crippen LogP contribution in [0.2, 0.25) is 0 Å². The number of aliphatic hydroxyl groups is 1. The summed E-state index contributed by atoms with van der Waals surface area (Å²) in [4.78, 5) is 82.6. The summed E-state index contributed by atoms with van der Waals surface area (Å²) in [7, 11) is 1.57. The van der Waals surface area contributed by atoms with Gasteiger partial charge in [-0.15, -0.1) is 0 Å². The molecule has 3 amide bonds. The number of amides is 3. The van der Waals surface area contributed by atoms with Gasteiger partial charge in [0.1, 0.15) is 42.3 Å². The Morgan fingerprint density at radius 1 is 0.744 bits per heavy atom. The van der Waals surface area contributed by atoms with Gasteiger partial charge in [-0.05, 0) is 101 Å². The molecule has 3 fully saturated rings. The summed E-state index contributed by atoms with van der Waals surface area (Å²) >= 11 is 0. The van der Waals surface area contributed by atoms with Gasteiger partial charge in [-0.2, -0.15) is 0 Å². The third-order valence-electron chi connectivity index (χ3n) is 15.9. The van der Waals surface area contributed by atoms with Gasteiger partial charge in [0.15, 0.2) is 11.5 Å². The number of rotatable bonds is 13. The van der Waals surface area contributed by atoms with Gasteiger partial charge in [0.05, 0.1) is 42.3 Å². The van der Waals surface area contributed by atoms with Gasteiger partial charge in [-0.25, -0.2) is 9.69 Å². The first kappa shape index (κ1) is 53.1. The van der Waals surface area contributed by atoms with Crippen molar-refractivity contribution in [1.29, 1.82) is 0 Å². The van der Waals surface area contributed by atoms with E-state index in [-0.39, 0.29) is 62.4 Å². The summed E-state index contributed by atoms with van der Waals surface area (Å²) < 4.78 is 35.7. The largest absolute Gasteiger partial charge is 0.497 e. The second-order valence-corrected chi connectivity index (χ2v) is 20.5. The molecule has 7 aromatic rings. The summed E-state index contributed by atoms with van der Waals surface area (Å²) in [6.07, 6.45) is -2.09. The van der Waals surface area contributed by atoms with Gasteiger partial charge < -0.3 is 38.4 Å². The Labute approximate surface area is 472 Å². The average molecular weight is 1100 g/mol. The molecular formula is C64H55N5O13. The van der Waals surface area contributed by atoms with Crippen molar-refractivity contribution >= 4 is 35.3 Å². The second kappa shape index (κ2) is 22.5. The molecule has 18 heteroatoms. The number of non-ortho nitro benzene ring substituents is 1. The van der Waals surface area contributed by atoms with Crippen LogP contribution in [0.1, 0.15) is 62.7 Å².